The van der Waals surface area contributed by atoms with Crippen LogP contribution in [0, 0.1) is 0 Å². The summed E-state index contributed by atoms with van der Waals surface area (Å²) >= 11 is 0. The van der Waals surface area contributed by atoms with E-state index in [-0.39, 0.29) is 18.8 Å². The van der Waals surface area contributed by atoms with Crippen molar-refractivity contribution in [1.29, 1.82) is 0 Å². The summed E-state index contributed by atoms with van der Waals surface area (Å²) < 4.78 is 5.63. The molecule has 2 aliphatic rings. The van der Waals surface area contributed by atoms with E-state index in [0.717, 1.165) is 18.7 Å². The first-order chi connectivity index (χ1) is 9.74. The fraction of sp³-hybridized carbons (Fsp3) is 0.714. The number of hydrogen-bond acceptors (Lipinski definition) is 6. The minimum atomic E-state index is -0.154. The number of aliphatic hydroxyl groups is 1. The highest BCUT2D eigenvalue weighted by molar-refractivity contribution is 5.31. The molecule has 0 bridgehead atoms. The van der Waals surface area contributed by atoms with Crippen molar-refractivity contribution in [3.05, 3.63) is 18.0 Å². The molecular formula is C14H22N4O2. The maximum Gasteiger partial charge on any atom is 0.225 e. The van der Waals surface area contributed by atoms with E-state index in [1.807, 2.05) is 19.3 Å². The van der Waals surface area contributed by atoms with Gasteiger partial charge < -0.3 is 20.1 Å². The van der Waals surface area contributed by atoms with Crippen LogP contribution in [-0.4, -0.2) is 53.0 Å². The minimum Gasteiger partial charge on any atom is -0.394 e. The van der Waals surface area contributed by atoms with Gasteiger partial charge >= 0.3 is 0 Å². The van der Waals surface area contributed by atoms with Crippen LogP contribution in [0.5, 0.6) is 0 Å². The van der Waals surface area contributed by atoms with Gasteiger partial charge in [-0.25, -0.2) is 9.97 Å². The van der Waals surface area contributed by atoms with Crippen LogP contribution < -0.4 is 10.2 Å². The van der Waals surface area contributed by atoms with E-state index in [2.05, 4.69) is 20.2 Å². The number of anilines is 1. The lowest BCUT2D eigenvalue weighted by atomic mass is 10.2. The number of nitrogens with zero attached hydrogens (tertiary/aromatic N) is 3. The summed E-state index contributed by atoms with van der Waals surface area (Å²) in [5.74, 6) is 0.716. The van der Waals surface area contributed by atoms with Crippen molar-refractivity contribution in [1.82, 2.24) is 15.3 Å². The molecule has 3 rings (SSSR count). The number of nitrogens with one attached hydrogen (secondary N) is 1. The number of aromatic nitrogens is 2. The van der Waals surface area contributed by atoms with Crippen molar-refractivity contribution in [2.75, 3.05) is 24.6 Å². The third-order valence-electron chi connectivity index (χ3n) is 3.68. The molecule has 1 saturated carbocycles. The van der Waals surface area contributed by atoms with Gasteiger partial charge in [-0.05, 0) is 19.8 Å². The Labute approximate surface area is 119 Å². The molecule has 2 atom stereocenters. The van der Waals surface area contributed by atoms with Gasteiger partial charge in [0.15, 0.2) is 0 Å². The van der Waals surface area contributed by atoms with E-state index in [0.29, 0.717) is 18.5 Å². The highest BCUT2D eigenvalue weighted by atomic mass is 16.5. The summed E-state index contributed by atoms with van der Waals surface area (Å²) in [7, 11) is 0. The number of ether oxygens (including phenoxy) is 1. The molecule has 2 N–H and O–H groups in total. The van der Waals surface area contributed by atoms with Gasteiger partial charge in [-0.2, -0.15) is 0 Å². The van der Waals surface area contributed by atoms with E-state index in [9.17, 15) is 5.11 Å². The smallest absolute Gasteiger partial charge is 0.225 e. The second-order valence-electron chi connectivity index (χ2n) is 5.70. The zero-order chi connectivity index (χ0) is 13.9. The van der Waals surface area contributed by atoms with E-state index >= 15 is 0 Å². The molecule has 1 aromatic rings. The molecule has 2 fully saturated rings. The number of hydrogen-bond donors (Lipinski definition) is 2. The first kappa shape index (κ1) is 13.7. The zero-order valence-electron chi connectivity index (χ0n) is 11.8. The second-order valence-corrected chi connectivity index (χ2v) is 5.70. The summed E-state index contributed by atoms with van der Waals surface area (Å²) in [5.41, 5.74) is 1.11. The Kier molecular flexibility index (Phi) is 4.14. The Hall–Kier alpha value is -1.24. The molecule has 0 aromatic carbocycles. The standard InChI is InChI=1S/C14H22N4O2/c1-10-7-18(8-13(9-19)20-10)14-16-5-11(6-17-14)4-15-12-2-3-12/h5-6,10,12-13,15,19H,2-4,7-9H2,1H3. The van der Waals surface area contributed by atoms with Crippen LogP contribution in [0.15, 0.2) is 12.4 Å². The second kappa shape index (κ2) is 6.03. The van der Waals surface area contributed by atoms with Crippen LogP contribution in [0.1, 0.15) is 25.3 Å². The molecule has 0 radical (unpaired) electrons. The lowest BCUT2D eigenvalue weighted by Gasteiger charge is -2.36. The first-order valence-corrected chi connectivity index (χ1v) is 7.30. The van der Waals surface area contributed by atoms with Crippen LogP contribution in [-0.2, 0) is 11.3 Å². The van der Waals surface area contributed by atoms with Crippen molar-refractivity contribution in [2.24, 2.45) is 0 Å². The zero-order valence-corrected chi connectivity index (χ0v) is 11.8. The maximum atomic E-state index is 9.24. The van der Waals surface area contributed by atoms with Gasteiger partial charge in [0.05, 0.1) is 18.8 Å². The molecule has 1 saturated heterocycles. The number of rotatable bonds is 5. The maximum absolute atomic E-state index is 9.24. The molecule has 0 amide bonds. The van der Waals surface area contributed by atoms with Gasteiger partial charge in [-0.1, -0.05) is 0 Å². The van der Waals surface area contributed by atoms with Gasteiger partial charge in [-0.3, -0.25) is 0 Å². The van der Waals surface area contributed by atoms with Crippen LogP contribution in [0.3, 0.4) is 0 Å². The van der Waals surface area contributed by atoms with E-state index in [1.54, 1.807) is 0 Å². The fourth-order valence-corrected chi connectivity index (χ4v) is 2.46. The average Bonchev–Trinajstić information content (AvgIpc) is 3.29. The van der Waals surface area contributed by atoms with Crippen molar-refractivity contribution in [3.8, 4) is 0 Å². The Morgan fingerprint density at radius 2 is 2.10 bits per heavy atom. The van der Waals surface area contributed by atoms with Crippen molar-refractivity contribution in [2.45, 2.75) is 44.6 Å². The molecule has 2 unspecified atom stereocenters. The minimum absolute atomic E-state index is 0.0320. The highest BCUT2D eigenvalue weighted by Gasteiger charge is 2.26. The SMILES string of the molecule is CC1CN(c2ncc(CNC3CC3)cn2)CC(CO)O1. The highest BCUT2D eigenvalue weighted by Crippen LogP contribution is 2.19. The fourth-order valence-electron chi connectivity index (χ4n) is 2.46. The Morgan fingerprint density at radius 3 is 2.75 bits per heavy atom. The van der Waals surface area contributed by atoms with Gasteiger partial charge in [-0.15, -0.1) is 0 Å². The predicted molar refractivity (Wildman–Crippen MR) is 75.5 cm³/mol. The topological polar surface area (TPSA) is 70.5 Å². The summed E-state index contributed by atoms with van der Waals surface area (Å²) in [5, 5.41) is 12.7. The number of aliphatic hydroxyl groups excluding tert-OH is 1. The Balaban J connectivity index is 1.60. The van der Waals surface area contributed by atoms with E-state index < -0.39 is 0 Å². The van der Waals surface area contributed by atoms with Gasteiger partial charge in [0, 0.05) is 43.6 Å². The van der Waals surface area contributed by atoms with Gasteiger partial charge in [0.1, 0.15) is 0 Å². The Morgan fingerprint density at radius 1 is 1.35 bits per heavy atom. The molecule has 1 aliphatic carbocycles. The molecule has 2 heterocycles. The van der Waals surface area contributed by atoms with Crippen LogP contribution in [0.2, 0.25) is 0 Å². The van der Waals surface area contributed by atoms with E-state index in [4.69, 9.17) is 4.74 Å². The van der Waals surface area contributed by atoms with Crippen LogP contribution >= 0.6 is 0 Å². The third-order valence-corrected chi connectivity index (χ3v) is 3.68. The molecule has 1 aliphatic heterocycles. The van der Waals surface area contributed by atoms with Crippen LogP contribution in [0.4, 0.5) is 5.95 Å². The summed E-state index contributed by atoms with van der Waals surface area (Å²) in [6.45, 7) is 4.27. The monoisotopic (exact) mass is 278 g/mol. The molecule has 6 nitrogen and oxygen atoms in total. The van der Waals surface area contributed by atoms with Gasteiger partial charge in [0.25, 0.3) is 0 Å². The van der Waals surface area contributed by atoms with Crippen molar-refractivity contribution in [3.63, 3.8) is 0 Å². The molecule has 0 spiro atoms. The quantitative estimate of drug-likeness (QED) is 0.808. The predicted octanol–water partition coefficient (Wildman–Crippen LogP) is 0.315. The summed E-state index contributed by atoms with van der Waals surface area (Å²) in [6, 6.07) is 0.695. The largest absolute Gasteiger partial charge is 0.394 e. The van der Waals surface area contributed by atoms with E-state index in [1.165, 1.54) is 12.8 Å². The number of morpholine rings is 1. The van der Waals surface area contributed by atoms with Gasteiger partial charge in [0.2, 0.25) is 5.95 Å². The summed E-state index contributed by atoms with van der Waals surface area (Å²) in [6.07, 6.45) is 6.26. The van der Waals surface area contributed by atoms with Crippen molar-refractivity contribution >= 4 is 5.95 Å². The molecular weight excluding hydrogens is 256 g/mol. The lowest BCUT2D eigenvalue weighted by molar-refractivity contribution is -0.0425. The van der Waals surface area contributed by atoms with Crippen LogP contribution in [0.25, 0.3) is 0 Å². The lowest BCUT2D eigenvalue weighted by Crippen LogP contribution is -2.48. The molecule has 1 aromatic heterocycles. The molecule has 110 valence electrons. The first-order valence-electron chi connectivity index (χ1n) is 7.30. The normalized spacial score (nSPS) is 26.8. The molecule has 6 heteroatoms. The average molecular weight is 278 g/mol. The Bertz CT molecular complexity index is 435. The third kappa shape index (κ3) is 3.45. The summed E-state index contributed by atoms with van der Waals surface area (Å²) in [4.78, 5) is 11.0. The van der Waals surface area contributed by atoms with Crippen molar-refractivity contribution < 1.29 is 9.84 Å². The molecule has 20 heavy (non-hydrogen) atoms.